The molecule has 4 rings (SSSR count). The number of ether oxygens (including phenoxy) is 2. The highest BCUT2D eigenvalue weighted by atomic mass is 16.5. The van der Waals surface area contributed by atoms with Crippen LogP contribution in [0.5, 0.6) is 5.75 Å². The zero-order valence-corrected chi connectivity index (χ0v) is 19.4. The van der Waals surface area contributed by atoms with Gasteiger partial charge in [0.15, 0.2) is 5.60 Å². The van der Waals surface area contributed by atoms with Gasteiger partial charge in [0, 0.05) is 18.9 Å². The molecule has 1 unspecified atom stereocenters. The largest absolute Gasteiger partial charge is 0.478 e. The standard InChI is InChI=1S/C25H29N5O3/c1-17-7-5-8-21(18(17)2)33-25(3,4)23(31)30-13-14-32-22(16-30)20-10-9-19(15-28-20)29-24-26-11-6-12-27-24/h5-12,15,22H,13-14,16H2,1-4H3,(H,26,27,29). The maximum absolute atomic E-state index is 13.4. The van der Waals surface area contributed by atoms with Gasteiger partial charge in [0.2, 0.25) is 5.95 Å². The van der Waals surface area contributed by atoms with E-state index in [9.17, 15) is 4.79 Å². The normalized spacial score (nSPS) is 16.4. The van der Waals surface area contributed by atoms with Gasteiger partial charge in [0.1, 0.15) is 11.9 Å². The van der Waals surface area contributed by atoms with Gasteiger partial charge in [-0.15, -0.1) is 0 Å². The zero-order valence-electron chi connectivity index (χ0n) is 19.4. The molecule has 1 saturated heterocycles. The lowest BCUT2D eigenvalue weighted by molar-refractivity contribution is -0.153. The average Bonchev–Trinajstić information content (AvgIpc) is 2.83. The van der Waals surface area contributed by atoms with E-state index in [0.29, 0.717) is 25.6 Å². The van der Waals surface area contributed by atoms with Crippen LogP contribution in [0, 0.1) is 13.8 Å². The summed E-state index contributed by atoms with van der Waals surface area (Å²) < 4.78 is 12.1. The first-order valence-corrected chi connectivity index (χ1v) is 11.0. The van der Waals surface area contributed by atoms with Gasteiger partial charge in [0.05, 0.1) is 30.7 Å². The van der Waals surface area contributed by atoms with Crippen molar-refractivity contribution in [1.29, 1.82) is 0 Å². The fraction of sp³-hybridized carbons (Fsp3) is 0.360. The Morgan fingerprint density at radius 3 is 2.64 bits per heavy atom. The van der Waals surface area contributed by atoms with E-state index < -0.39 is 5.60 Å². The Hall–Kier alpha value is -3.52. The van der Waals surface area contributed by atoms with Crippen LogP contribution in [0.3, 0.4) is 0 Å². The van der Waals surface area contributed by atoms with Gasteiger partial charge < -0.3 is 19.7 Å². The molecule has 1 atom stereocenters. The van der Waals surface area contributed by atoms with Gasteiger partial charge in [-0.2, -0.15) is 0 Å². The molecule has 3 aromatic rings. The molecule has 0 aliphatic carbocycles. The van der Waals surface area contributed by atoms with Crippen molar-refractivity contribution >= 4 is 17.5 Å². The molecule has 8 heteroatoms. The zero-order chi connectivity index (χ0) is 23.4. The van der Waals surface area contributed by atoms with Crippen molar-refractivity contribution in [3.63, 3.8) is 0 Å². The summed E-state index contributed by atoms with van der Waals surface area (Å²) in [6.07, 6.45) is 4.75. The number of aryl methyl sites for hydroxylation is 1. The van der Waals surface area contributed by atoms with E-state index >= 15 is 0 Å². The van der Waals surface area contributed by atoms with E-state index in [1.54, 1.807) is 29.6 Å². The van der Waals surface area contributed by atoms with Crippen molar-refractivity contribution in [2.75, 3.05) is 25.0 Å². The smallest absolute Gasteiger partial charge is 0.266 e. The van der Waals surface area contributed by atoms with Crippen molar-refractivity contribution < 1.29 is 14.3 Å². The second-order valence-corrected chi connectivity index (χ2v) is 8.59. The number of anilines is 2. The maximum atomic E-state index is 13.4. The molecular formula is C25H29N5O3. The summed E-state index contributed by atoms with van der Waals surface area (Å²) in [5.41, 5.74) is 2.70. The first-order valence-electron chi connectivity index (χ1n) is 11.0. The third kappa shape index (κ3) is 5.28. The summed E-state index contributed by atoms with van der Waals surface area (Å²) in [5, 5.41) is 3.11. The molecule has 0 radical (unpaired) electrons. The summed E-state index contributed by atoms with van der Waals surface area (Å²) in [4.78, 5) is 28.0. The maximum Gasteiger partial charge on any atom is 0.266 e. The summed E-state index contributed by atoms with van der Waals surface area (Å²) >= 11 is 0. The number of hydrogen-bond donors (Lipinski definition) is 1. The summed E-state index contributed by atoms with van der Waals surface area (Å²) in [5.74, 6) is 1.16. The molecule has 8 nitrogen and oxygen atoms in total. The third-order valence-electron chi connectivity index (χ3n) is 5.73. The van der Waals surface area contributed by atoms with Gasteiger partial charge >= 0.3 is 0 Å². The quantitative estimate of drug-likeness (QED) is 0.611. The summed E-state index contributed by atoms with van der Waals surface area (Å²) in [6.45, 7) is 9.03. The predicted molar refractivity (Wildman–Crippen MR) is 125 cm³/mol. The Bertz CT molecular complexity index is 1100. The Morgan fingerprint density at radius 2 is 1.91 bits per heavy atom. The van der Waals surface area contributed by atoms with Crippen LogP contribution in [0.25, 0.3) is 0 Å². The summed E-state index contributed by atoms with van der Waals surface area (Å²) in [7, 11) is 0. The molecule has 1 aromatic carbocycles. The van der Waals surface area contributed by atoms with Crippen LogP contribution >= 0.6 is 0 Å². The number of pyridine rings is 1. The van der Waals surface area contributed by atoms with Gasteiger partial charge in [-0.1, -0.05) is 12.1 Å². The number of amides is 1. The minimum atomic E-state index is -1.00. The lowest BCUT2D eigenvalue weighted by Crippen LogP contribution is -2.53. The molecule has 33 heavy (non-hydrogen) atoms. The lowest BCUT2D eigenvalue weighted by Gasteiger charge is -2.37. The lowest BCUT2D eigenvalue weighted by atomic mass is 10.0. The molecule has 1 aliphatic rings. The van der Waals surface area contributed by atoms with Crippen LogP contribution in [-0.2, 0) is 9.53 Å². The Balaban J connectivity index is 1.42. The molecule has 3 heterocycles. The molecule has 1 fully saturated rings. The average molecular weight is 448 g/mol. The number of benzene rings is 1. The second kappa shape index (κ2) is 9.54. The monoisotopic (exact) mass is 447 g/mol. The number of rotatable bonds is 6. The van der Waals surface area contributed by atoms with Crippen molar-refractivity contribution in [3.05, 3.63) is 71.8 Å². The molecule has 172 valence electrons. The Labute approximate surface area is 194 Å². The SMILES string of the molecule is Cc1cccc(OC(C)(C)C(=O)N2CCOC(c3ccc(Nc4ncccn4)cn3)C2)c1C. The van der Waals surface area contributed by atoms with Crippen LogP contribution in [0.15, 0.2) is 55.0 Å². The molecule has 0 spiro atoms. The number of carbonyl (C=O) groups is 1. The van der Waals surface area contributed by atoms with E-state index in [1.807, 2.05) is 58.0 Å². The Kier molecular flexibility index (Phi) is 6.55. The van der Waals surface area contributed by atoms with Gasteiger partial charge in [-0.05, 0) is 63.1 Å². The number of aromatic nitrogens is 3. The highest BCUT2D eigenvalue weighted by molar-refractivity contribution is 5.85. The van der Waals surface area contributed by atoms with E-state index in [1.165, 1.54) is 0 Å². The van der Waals surface area contributed by atoms with Gasteiger partial charge in [-0.3, -0.25) is 9.78 Å². The number of carbonyl (C=O) groups excluding carboxylic acids is 1. The van der Waals surface area contributed by atoms with Crippen LogP contribution in [-0.4, -0.2) is 51.1 Å². The molecule has 0 bridgehead atoms. The van der Waals surface area contributed by atoms with E-state index in [2.05, 4.69) is 20.3 Å². The highest BCUT2D eigenvalue weighted by Crippen LogP contribution is 2.28. The van der Waals surface area contributed by atoms with Gasteiger partial charge in [-0.25, -0.2) is 9.97 Å². The van der Waals surface area contributed by atoms with E-state index in [-0.39, 0.29) is 12.0 Å². The van der Waals surface area contributed by atoms with Crippen LogP contribution < -0.4 is 10.1 Å². The highest BCUT2D eigenvalue weighted by Gasteiger charge is 2.37. The molecule has 0 saturated carbocycles. The fourth-order valence-corrected chi connectivity index (χ4v) is 3.71. The van der Waals surface area contributed by atoms with Crippen molar-refractivity contribution in [3.8, 4) is 5.75 Å². The number of nitrogens with one attached hydrogen (secondary N) is 1. The van der Waals surface area contributed by atoms with Gasteiger partial charge in [0.25, 0.3) is 5.91 Å². The second-order valence-electron chi connectivity index (χ2n) is 8.59. The van der Waals surface area contributed by atoms with Crippen LogP contribution in [0.1, 0.15) is 36.8 Å². The minimum absolute atomic E-state index is 0.0729. The van der Waals surface area contributed by atoms with Crippen molar-refractivity contribution in [2.45, 2.75) is 39.4 Å². The van der Waals surface area contributed by atoms with Crippen LogP contribution in [0.2, 0.25) is 0 Å². The molecular weight excluding hydrogens is 418 g/mol. The molecule has 1 amide bonds. The number of hydrogen-bond acceptors (Lipinski definition) is 7. The predicted octanol–water partition coefficient (Wildman–Crippen LogP) is 3.99. The molecule has 1 aliphatic heterocycles. The first kappa shape index (κ1) is 22.7. The number of nitrogens with zero attached hydrogens (tertiary/aromatic N) is 4. The fourth-order valence-electron chi connectivity index (χ4n) is 3.71. The third-order valence-corrected chi connectivity index (χ3v) is 5.73. The van der Waals surface area contributed by atoms with E-state index in [0.717, 1.165) is 28.3 Å². The molecule has 2 aromatic heterocycles. The van der Waals surface area contributed by atoms with Crippen molar-refractivity contribution in [2.24, 2.45) is 0 Å². The number of morpholine rings is 1. The van der Waals surface area contributed by atoms with Crippen molar-refractivity contribution in [1.82, 2.24) is 19.9 Å². The molecule has 1 N–H and O–H groups in total. The first-order chi connectivity index (χ1) is 15.8. The van der Waals surface area contributed by atoms with E-state index in [4.69, 9.17) is 9.47 Å². The topological polar surface area (TPSA) is 89.5 Å². The Morgan fingerprint density at radius 1 is 1.12 bits per heavy atom. The minimum Gasteiger partial charge on any atom is -0.478 e. The summed E-state index contributed by atoms with van der Waals surface area (Å²) in [6, 6.07) is 11.4. The van der Waals surface area contributed by atoms with Crippen LogP contribution in [0.4, 0.5) is 11.6 Å².